The minimum absolute atomic E-state index is 0.0955. The fourth-order valence-corrected chi connectivity index (χ4v) is 1.65. The molecule has 0 aliphatic carbocycles. The Labute approximate surface area is 102 Å². The van der Waals surface area contributed by atoms with Crippen LogP contribution in [0.15, 0.2) is 19.6 Å². The van der Waals surface area contributed by atoms with Crippen molar-refractivity contribution in [3.63, 3.8) is 0 Å². The maximum absolute atomic E-state index is 10.7. The highest BCUT2D eigenvalue weighted by molar-refractivity contribution is 9.13. The smallest absolute Gasteiger partial charge is 0.326 e. The first-order chi connectivity index (χ1) is 7.04. The largest absolute Gasteiger partial charge is 0.480 e. The van der Waals surface area contributed by atoms with Crippen molar-refractivity contribution in [1.82, 2.24) is 5.32 Å². The molecule has 82 valence electrons. The summed E-state index contributed by atoms with van der Waals surface area (Å²) in [7, 11) is 0. The van der Waals surface area contributed by atoms with Crippen LogP contribution in [0.4, 0.5) is 0 Å². The molecule has 2 N–H and O–H groups in total. The summed E-state index contributed by atoms with van der Waals surface area (Å²) in [6, 6.07) is 0.666. The van der Waals surface area contributed by atoms with E-state index in [9.17, 15) is 9.59 Å². The van der Waals surface area contributed by atoms with E-state index in [0.717, 1.165) is 0 Å². The summed E-state index contributed by atoms with van der Waals surface area (Å²) >= 11 is 6.34. The summed E-state index contributed by atoms with van der Waals surface area (Å²) in [6.45, 7) is 0. The Balaban J connectivity index is 2.73. The van der Waals surface area contributed by atoms with Crippen molar-refractivity contribution in [2.45, 2.75) is 12.5 Å². The Hall–Kier alpha value is -0.820. The van der Waals surface area contributed by atoms with Crippen LogP contribution in [-0.2, 0) is 16.0 Å². The molecular formula is C8H7Br2NO4. The number of furan rings is 1. The van der Waals surface area contributed by atoms with E-state index in [4.69, 9.17) is 9.52 Å². The van der Waals surface area contributed by atoms with Gasteiger partial charge >= 0.3 is 5.97 Å². The zero-order chi connectivity index (χ0) is 11.4. The molecule has 0 spiro atoms. The second-order valence-electron chi connectivity index (χ2n) is 2.71. The minimum atomic E-state index is -1.11. The number of aliphatic carboxylic acids is 1. The van der Waals surface area contributed by atoms with Crippen LogP contribution < -0.4 is 5.32 Å². The van der Waals surface area contributed by atoms with E-state index in [2.05, 4.69) is 37.2 Å². The third-order valence-electron chi connectivity index (χ3n) is 1.67. The SMILES string of the molecule is O=CNC(Cc1cc(Br)c(Br)o1)C(=O)O. The van der Waals surface area contributed by atoms with Crippen LogP contribution in [0, 0.1) is 0 Å². The van der Waals surface area contributed by atoms with Crippen LogP contribution in [0.5, 0.6) is 0 Å². The topological polar surface area (TPSA) is 79.5 Å². The lowest BCUT2D eigenvalue weighted by molar-refractivity contribution is -0.140. The summed E-state index contributed by atoms with van der Waals surface area (Å²) in [5.41, 5.74) is 0. The number of nitrogens with one attached hydrogen (secondary N) is 1. The predicted molar refractivity (Wildman–Crippen MR) is 58.4 cm³/mol. The van der Waals surface area contributed by atoms with E-state index in [0.29, 0.717) is 21.3 Å². The maximum atomic E-state index is 10.7. The van der Waals surface area contributed by atoms with Crippen molar-refractivity contribution in [3.05, 3.63) is 21.0 Å². The van der Waals surface area contributed by atoms with Crippen LogP contribution in [0.1, 0.15) is 5.76 Å². The Bertz CT molecular complexity index is 357. The molecule has 15 heavy (non-hydrogen) atoms. The van der Waals surface area contributed by atoms with Gasteiger partial charge in [0.1, 0.15) is 11.8 Å². The number of hydrogen-bond donors (Lipinski definition) is 2. The molecule has 0 bridgehead atoms. The van der Waals surface area contributed by atoms with Crippen molar-refractivity contribution >= 4 is 44.2 Å². The van der Waals surface area contributed by atoms with Crippen LogP contribution in [0.25, 0.3) is 0 Å². The quantitative estimate of drug-likeness (QED) is 0.797. The first-order valence-electron chi connectivity index (χ1n) is 3.90. The first-order valence-corrected chi connectivity index (χ1v) is 5.49. The zero-order valence-electron chi connectivity index (χ0n) is 7.37. The summed E-state index contributed by atoms with van der Waals surface area (Å²) in [5, 5.41) is 10.9. The third kappa shape index (κ3) is 3.35. The molecule has 1 atom stereocenters. The lowest BCUT2D eigenvalue weighted by Crippen LogP contribution is -2.37. The molecule has 0 aromatic carbocycles. The average Bonchev–Trinajstić information content (AvgIpc) is 2.45. The number of carboxylic acids is 1. The number of carboxylic acid groups (broad SMARTS) is 1. The molecule has 0 fully saturated rings. The molecule has 1 amide bonds. The van der Waals surface area contributed by atoms with Crippen LogP contribution >= 0.6 is 31.9 Å². The fourth-order valence-electron chi connectivity index (χ4n) is 0.993. The Morgan fingerprint density at radius 1 is 1.67 bits per heavy atom. The highest BCUT2D eigenvalue weighted by Gasteiger charge is 2.19. The van der Waals surface area contributed by atoms with Gasteiger partial charge in [-0.1, -0.05) is 0 Å². The predicted octanol–water partition coefficient (Wildman–Crippen LogP) is 1.55. The summed E-state index contributed by atoms with van der Waals surface area (Å²) in [5.74, 6) is -0.638. The second kappa shape index (κ2) is 5.32. The highest BCUT2D eigenvalue weighted by atomic mass is 79.9. The number of hydrogen-bond acceptors (Lipinski definition) is 3. The van der Waals surface area contributed by atoms with Crippen molar-refractivity contribution in [2.75, 3.05) is 0 Å². The monoisotopic (exact) mass is 339 g/mol. The van der Waals surface area contributed by atoms with E-state index >= 15 is 0 Å². The molecule has 5 nitrogen and oxygen atoms in total. The summed E-state index contributed by atoms with van der Waals surface area (Å²) in [4.78, 5) is 20.9. The zero-order valence-corrected chi connectivity index (χ0v) is 10.5. The van der Waals surface area contributed by atoms with Crippen molar-refractivity contribution in [2.24, 2.45) is 0 Å². The average molecular weight is 341 g/mol. The maximum Gasteiger partial charge on any atom is 0.326 e. The lowest BCUT2D eigenvalue weighted by atomic mass is 10.2. The Morgan fingerprint density at radius 3 is 2.73 bits per heavy atom. The third-order valence-corrected chi connectivity index (χ3v) is 3.38. The van der Waals surface area contributed by atoms with Gasteiger partial charge in [-0.2, -0.15) is 0 Å². The molecule has 1 aromatic rings. The number of rotatable bonds is 5. The van der Waals surface area contributed by atoms with Crippen LogP contribution in [0.3, 0.4) is 0 Å². The number of amides is 1. The summed E-state index contributed by atoms with van der Waals surface area (Å²) in [6.07, 6.45) is 0.449. The molecule has 0 aliphatic rings. The van der Waals surface area contributed by atoms with Crippen molar-refractivity contribution in [1.29, 1.82) is 0 Å². The molecule has 1 aromatic heterocycles. The van der Waals surface area contributed by atoms with Gasteiger partial charge in [0.2, 0.25) is 6.41 Å². The highest BCUT2D eigenvalue weighted by Crippen LogP contribution is 2.27. The van der Waals surface area contributed by atoms with E-state index in [1.807, 2.05) is 0 Å². The second-order valence-corrected chi connectivity index (χ2v) is 4.29. The van der Waals surface area contributed by atoms with Gasteiger partial charge in [-0.3, -0.25) is 4.79 Å². The molecule has 0 saturated heterocycles. The van der Waals surface area contributed by atoms with Gasteiger partial charge < -0.3 is 14.8 Å². The molecule has 0 aliphatic heterocycles. The summed E-state index contributed by atoms with van der Waals surface area (Å²) < 4.78 is 6.39. The van der Waals surface area contributed by atoms with E-state index in [1.54, 1.807) is 6.07 Å². The molecule has 1 unspecified atom stereocenters. The molecule has 7 heteroatoms. The normalized spacial score (nSPS) is 12.1. The van der Waals surface area contributed by atoms with E-state index in [-0.39, 0.29) is 6.42 Å². The van der Waals surface area contributed by atoms with Gasteiger partial charge in [-0.15, -0.1) is 0 Å². The van der Waals surface area contributed by atoms with Crippen molar-refractivity contribution in [3.8, 4) is 0 Å². The van der Waals surface area contributed by atoms with E-state index in [1.165, 1.54) is 0 Å². The standard InChI is InChI=1S/C8H7Br2NO4/c9-5-1-4(15-7(5)10)2-6(8(13)14)11-3-12/h1,3,6H,2H2,(H,11,12)(H,13,14). The van der Waals surface area contributed by atoms with Gasteiger partial charge in [0.15, 0.2) is 4.67 Å². The van der Waals surface area contributed by atoms with Gasteiger partial charge in [-0.05, 0) is 37.9 Å². The number of carbonyl (C=O) groups is 2. The number of halogens is 2. The van der Waals surface area contributed by atoms with Gasteiger partial charge in [0.05, 0.1) is 4.47 Å². The molecule has 0 saturated carbocycles. The minimum Gasteiger partial charge on any atom is -0.480 e. The van der Waals surface area contributed by atoms with Gasteiger partial charge in [0, 0.05) is 6.42 Å². The first kappa shape index (κ1) is 12.3. The van der Waals surface area contributed by atoms with Crippen molar-refractivity contribution < 1.29 is 19.1 Å². The fraction of sp³-hybridized carbons (Fsp3) is 0.250. The Morgan fingerprint density at radius 2 is 2.33 bits per heavy atom. The van der Waals surface area contributed by atoms with Gasteiger partial charge in [0.25, 0.3) is 0 Å². The number of carbonyl (C=O) groups excluding carboxylic acids is 1. The molecule has 1 heterocycles. The van der Waals surface area contributed by atoms with Crippen LogP contribution in [0.2, 0.25) is 0 Å². The van der Waals surface area contributed by atoms with E-state index < -0.39 is 12.0 Å². The lowest BCUT2D eigenvalue weighted by Gasteiger charge is -2.08. The van der Waals surface area contributed by atoms with Crippen LogP contribution in [-0.4, -0.2) is 23.5 Å². The molecule has 1 rings (SSSR count). The Kier molecular flexibility index (Phi) is 4.34. The molecule has 0 radical (unpaired) electrons. The molecular weight excluding hydrogens is 334 g/mol. The van der Waals surface area contributed by atoms with Gasteiger partial charge in [-0.25, -0.2) is 4.79 Å².